The van der Waals surface area contributed by atoms with Crippen molar-refractivity contribution in [1.29, 1.82) is 0 Å². The summed E-state index contributed by atoms with van der Waals surface area (Å²) < 4.78 is 18.1. The number of nitrogen functional groups attached to an aromatic ring is 1. The molecule has 16 heavy (non-hydrogen) atoms. The van der Waals surface area contributed by atoms with Crippen LogP contribution in [0.4, 0.5) is 10.2 Å². The van der Waals surface area contributed by atoms with Gasteiger partial charge in [0.2, 0.25) is 0 Å². The van der Waals surface area contributed by atoms with E-state index in [-0.39, 0.29) is 5.82 Å². The van der Waals surface area contributed by atoms with Crippen molar-refractivity contribution in [2.24, 2.45) is 0 Å². The van der Waals surface area contributed by atoms with Crippen molar-refractivity contribution >= 4 is 5.82 Å². The number of hydrogen-bond acceptors (Lipinski definition) is 3. The van der Waals surface area contributed by atoms with Crippen molar-refractivity contribution in [2.75, 3.05) is 5.73 Å². The van der Waals surface area contributed by atoms with Gasteiger partial charge in [-0.1, -0.05) is 6.07 Å². The molecule has 0 aliphatic rings. The van der Waals surface area contributed by atoms with Gasteiger partial charge < -0.3 is 10.5 Å². The number of benzene rings is 1. The highest BCUT2D eigenvalue weighted by Gasteiger charge is 1.97. The molecule has 2 N–H and O–H groups in total. The Morgan fingerprint density at radius 1 is 1.12 bits per heavy atom. The first kappa shape index (κ1) is 10.4. The highest BCUT2D eigenvalue weighted by Crippen LogP contribution is 2.13. The van der Waals surface area contributed by atoms with E-state index in [1.54, 1.807) is 24.4 Å². The van der Waals surface area contributed by atoms with Gasteiger partial charge in [-0.05, 0) is 30.3 Å². The van der Waals surface area contributed by atoms with Crippen molar-refractivity contribution in [3.8, 4) is 5.75 Å². The SMILES string of the molecule is Nc1ccc(COc2ccc(F)cc2)cn1. The van der Waals surface area contributed by atoms with Crippen LogP contribution in [0.2, 0.25) is 0 Å². The lowest BCUT2D eigenvalue weighted by atomic mass is 10.3. The molecule has 1 heterocycles. The van der Waals surface area contributed by atoms with E-state index in [0.717, 1.165) is 5.56 Å². The second-order valence-electron chi connectivity index (χ2n) is 3.33. The van der Waals surface area contributed by atoms with E-state index >= 15 is 0 Å². The van der Waals surface area contributed by atoms with Crippen LogP contribution < -0.4 is 10.5 Å². The molecule has 0 fully saturated rings. The molecule has 4 heteroatoms. The molecule has 2 aromatic rings. The molecule has 0 saturated carbocycles. The summed E-state index contributed by atoms with van der Waals surface area (Å²) in [6, 6.07) is 9.43. The number of hydrogen-bond donors (Lipinski definition) is 1. The number of anilines is 1. The Kier molecular flexibility index (Phi) is 3.00. The largest absolute Gasteiger partial charge is 0.489 e. The Balaban J connectivity index is 1.97. The standard InChI is InChI=1S/C12H11FN2O/c13-10-2-4-11(5-3-10)16-8-9-1-6-12(14)15-7-9/h1-7H,8H2,(H2,14,15). The van der Waals surface area contributed by atoms with Gasteiger partial charge in [-0.2, -0.15) is 0 Å². The van der Waals surface area contributed by atoms with Crippen LogP contribution >= 0.6 is 0 Å². The molecule has 0 unspecified atom stereocenters. The number of nitrogens with two attached hydrogens (primary N) is 1. The van der Waals surface area contributed by atoms with Crippen molar-refractivity contribution in [3.63, 3.8) is 0 Å². The summed E-state index contributed by atoms with van der Waals surface area (Å²) in [6.45, 7) is 0.388. The van der Waals surface area contributed by atoms with Crippen LogP contribution in [0.15, 0.2) is 42.6 Å². The van der Waals surface area contributed by atoms with Crippen molar-refractivity contribution in [3.05, 3.63) is 54.0 Å². The highest BCUT2D eigenvalue weighted by molar-refractivity contribution is 5.29. The molecule has 1 aromatic heterocycles. The minimum absolute atomic E-state index is 0.276. The van der Waals surface area contributed by atoms with E-state index < -0.39 is 0 Å². The summed E-state index contributed by atoms with van der Waals surface area (Å²) in [5.74, 6) is 0.824. The minimum atomic E-state index is -0.276. The van der Waals surface area contributed by atoms with Gasteiger partial charge in [0.15, 0.2) is 0 Å². The number of ether oxygens (including phenoxy) is 1. The normalized spacial score (nSPS) is 10.1. The number of aromatic nitrogens is 1. The summed E-state index contributed by atoms with van der Waals surface area (Å²) in [6.07, 6.45) is 1.65. The molecule has 0 aliphatic carbocycles. The Morgan fingerprint density at radius 3 is 2.50 bits per heavy atom. The first-order chi connectivity index (χ1) is 7.74. The smallest absolute Gasteiger partial charge is 0.123 e. The first-order valence-corrected chi connectivity index (χ1v) is 4.83. The molecule has 2 rings (SSSR count). The van der Waals surface area contributed by atoms with Gasteiger partial charge >= 0.3 is 0 Å². The number of nitrogens with zero attached hydrogens (tertiary/aromatic N) is 1. The quantitative estimate of drug-likeness (QED) is 0.860. The number of pyridine rings is 1. The summed E-state index contributed by atoms with van der Waals surface area (Å²) in [4.78, 5) is 3.94. The average Bonchev–Trinajstić information content (AvgIpc) is 2.30. The molecular weight excluding hydrogens is 207 g/mol. The molecular formula is C12H11FN2O. The Morgan fingerprint density at radius 2 is 1.88 bits per heavy atom. The third kappa shape index (κ3) is 2.70. The molecule has 3 nitrogen and oxygen atoms in total. The molecule has 0 radical (unpaired) electrons. The monoisotopic (exact) mass is 218 g/mol. The molecule has 0 bridgehead atoms. The van der Waals surface area contributed by atoms with Crippen LogP contribution in [-0.2, 0) is 6.61 Å². The van der Waals surface area contributed by atoms with E-state index in [2.05, 4.69) is 4.98 Å². The molecule has 82 valence electrons. The molecule has 0 atom stereocenters. The van der Waals surface area contributed by atoms with E-state index in [9.17, 15) is 4.39 Å². The second kappa shape index (κ2) is 4.61. The lowest BCUT2D eigenvalue weighted by molar-refractivity contribution is 0.305. The third-order valence-electron chi connectivity index (χ3n) is 2.07. The summed E-state index contributed by atoms with van der Waals surface area (Å²) in [5, 5.41) is 0. The van der Waals surface area contributed by atoms with E-state index in [0.29, 0.717) is 18.2 Å². The first-order valence-electron chi connectivity index (χ1n) is 4.83. The Hall–Kier alpha value is -2.10. The van der Waals surface area contributed by atoms with Crippen LogP contribution in [0.3, 0.4) is 0 Å². The molecule has 0 amide bonds. The maximum absolute atomic E-state index is 12.6. The highest BCUT2D eigenvalue weighted by atomic mass is 19.1. The third-order valence-corrected chi connectivity index (χ3v) is 2.07. The fourth-order valence-corrected chi connectivity index (χ4v) is 1.22. The molecule has 1 aromatic carbocycles. The number of rotatable bonds is 3. The summed E-state index contributed by atoms with van der Waals surface area (Å²) in [7, 11) is 0. The maximum atomic E-state index is 12.6. The van der Waals surface area contributed by atoms with Gasteiger partial charge in [0.1, 0.15) is 24.0 Å². The minimum Gasteiger partial charge on any atom is -0.489 e. The zero-order valence-corrected chi connectivity index (χ0v) is 8.56. The predicted molar refractivity (Wildman–Crippen MR) is 59.4 cm³/mol. The van der Waals surface area contributed by atoms with Crippen LogP contribution in [0.25, 0.3) is 0 Å². The zero-order valence-electron chi connectivity index (χ0n) is 8.56. The Bertz CT molecular complexity index is 408. The molecule has 0 spiro atoms. The van der Waals surface area contributed by atoms with Gasteiger partial charge in [-0.15, -0.1) is 0 Å². The van der Waals surface area contributed by atoms with Crippen molar-refractivity contribution in [2.45, 2.75) is 6.61 Å². The lowest BCUT2D eigenvalue weighted by Gasteiger charge is -2.05. The predicted octanol–water partition coefficient (Wildman–Crippen LogP) is 2.38. The van der Waals surface area contributed by atoms with Gasteiger partial charge in [0.25, 0.3) is 0 Å². The Labute approximate surface area is 92.7 Å². The van der Waals surface area contributed by atoms with Gasteiger partial charge in [-0.3, -0.25) is 0 Å². The van der Waals surface area contributed by atoms with Gasteiger partial charge in [0.05, 0.1) is 0 Å². The average molecular weight is 218 g/mol. The van der Waals surface area contributed by atoms with Crippen molar-refractivity contribution in [1.82, 2.24) is 4.98 Å². The lowest BCUT2D eigenvalue weighted by Crippen LogP contribution is -1.97. The van der Waals surface area contributed by atoms with Crippen LogP contribution in [0.5, 0.6) is 5.75 Å². The van der Waals surface area contributed by atoms with E-state index in [1.807, 2.05) is 6.07 Å². The number of halogens is 1. The topological polar surface area (TPSA) is 48.1 Å². The van der Waals surface area contributed by atoms with E-state index in [1.165, 1.54) is 12.1 Å². The van der Waals surface area contributed by atoms with Gasteiger partial charge in [-0.25, -0.2) is 9.37 Å². The summed E-state index contributed by atoms with van der Waals surface area (Å²) in [5.41, 5.74) is 6.37. The van der Waals surface area contributed by atoms with Crippen molar-refractivity contribution < 1.29 is 9.13 Å². The zero-order chi connectivity index (χ0) is 11.4. The second-order valence-corrected chi connectivity index (χ2v) is 3.33. The van der Waals surface area contributed by atoms with Crippen LogP contribution in [0.1, 0.15) is 5.56 Å². The van der Waals surface area contributed by atoms with Gasteiger partial charge in [0, 0.05) is 11.8 Å². The fraction of sp³-hybridized carbons (Fsp3) is 0.0833. The van der Waals surface area contributed by atoms with E-state index in [4.69, 9.17) is 10.5 Å². The fourth-order valence-electron chi connectivity index (χ4n) is 1.22. The molecule has 0 aliphatic heterocycles. The maximum Gasteiger partial charge on any atom is 0.123 e. The van der Waals surface area contributed by atoms with Crippen LogP contribution in [0, 0.1) is 5.82 Å². The summed E-state index contributed by atoms with van der Waals surface area (Å²) >= 11 is 0. The van der Waals surface area contributed by atoms with Crippen LogP contribution in [-0.4, -0.2) is 4.98 Å². The molecule has 0 saturated heterocycles.